The predicted octanol–water partition coefficient (Wildman–Crippen LogP) is -1.38. The van der Waals surface area contributed by atoms with Crippen LogP contribution >= 0.6 is 11.1 Å². The minimum Gasteiger partial charge on any atom is -0.481 e. The van der Waals surface area contributed by atoms with Crippen LogP contribution in [0, 0.1) is 0 Å². The summed E-state index contributed by atoms with van der Waals surface area (Å²) in [5, 5.41) is 8.26. The maximum atomic E-state index is 10.8. The Morgan fingerprint density at radius 2 is 2.50 bits per heavy atom. The highest BCUT2D eigenvalue weighted by molar-refractivity contribution is 8.29. The van der Waals surface area contributed by atoms with Crippen LogP contribution in [-0.4, -0.2) is 28.5 Å². The van der Waals surface area contributed by atoms with Gasteiger partial charge in [0.05, 0.1) is 12.3 Å². The fourth-order valence-electron chi connectivity index (χ4n) is 0.631. The van der Waals surface area contributed by atoms with Crippen molar-refractivity contribution in [2.75, 3.05) is 12.3 Å². The number of carbonyl (C=O) groups is 2. The highest BCUT2D eigenvalue weighted by Crippen LogP contribution is 2.22. The van der Waals surface area contributed by atoms with E-state index >= 15 is 0 Å². The molecule has 1 aliphatic rings. The Labute approximate surface area is 60.2 Å². The van der Waals surface area contributed by atoms with Crippen LogP contribution in [0.25, 0.3) is 0 Å². The van der Waals surface area contributed by atoms with Gasteiger partial charge in [-0.25, -0.2) is 10.3 Å². The first-order valence-corrected chi connectivity index (χ1v) is 4.23. The number of nitrogens with one attached hydrogen (secondary N) is 2. The number of carboxylic acid groups (broad SMARTS) is 1. The number of hydrazine groups is 1. The van der Waals surface area contributed by atoms with Gasteiger partial charge in [-0.2, -0.15) is 0 Å². The van der Waals surface area contributed by atoms with Crippen LogP contribution < -0.4 is 10.3 Å². The fraction of sp³-hybridized carbons (Fsp3) is 0.500. The van der Waals surface area contributed by atoms with Crippen LogP contribution in [0.1, 0.15) is 0 Å². The molecular weight excluding hydrogens is 156 g/mol. The van der Waals surface area contributed by atoms with Gasteiger partial charge >= 0.3 is 5.97 Å². The van der Waals surface area contributed by atoms with Gasteiger partial charge in [-0.3, -0.25) is 9.59 Å². The first-order valence-electron chi connectivity index (χ1n) is 2.71. The summed E-state index contributed by atoms with van der Waals surface area (Å²) >= 11 is -1.15. The zero-order valence-corrected chi connectivity index (χ0v) is 6.02. The van der Waals surface area contributed by atoms with Crippen molar-refractivity contribution >= 4 is 22.2 Å². The van der Waals surface area contributed by atoms with Crippen molar-refractivity contribution in [3.8, 4) is 0 Å². The predicted molar refractivity (Wildman–Crippen MR) is 37.6 cm³/mol. The van der Waals surface area contributed by atoms with Gasteiger partial charge in [-0.05, 0) is 0 Å². The molecule has 0 aromatic rings. The van der Waals surface area contributed by atoms with Crippen molar-refractivity contribution in [2.45, 2.75) is 0 Å². The Hall–Kier alpha value is -0.590. The van der Waals surface area contributed by atoms with Crippen molar-refractivity contribution in [1.82, 2.24) is 10.3 Å². The minimum atomic E-state index is -1.15. The summed E-state index contributed by atoms with van der Waals surface area (Å²) in [7, 11) is 0. The second-order valence-corrected chi connectivity index (χ2v) is 3.73. The van der Waals surface area contributed by atoms with Crippen molar-refractivity contribution < 1.29 is 14.7 Å². The van der Waals surface area contributed by atoms with E-state index in [0.29, 0.717) is 0 Å². The Balaban J connectivity index is 2.40. The molecule has 1 heterocycles. The molecule has 5 nitrogen and oxygen atoms in total. The summed E-state index contributed by atoms with van der Waals surface area (Å²) in [4.78, 5) is 23.5. The monoisotopic (exact) mass is 164 g/mol. The molecule has 1 fully saturated rings. The van der Waals surface area contributed by atoms with E-state index in [1.54, 1.807) is 0 Å². The number of aliphatic carboxylic acids is 1. The fourth-order valence-corrected chi connectivity index (χ4v) is 1.82. The van der Waals surface area contributed by atoms with Gasteiger partial charge in [0.1, 0.15) is 0 Å². The molecule has 0 aromatic heterocycles. The van der Waals surface area contributed by atoms with E-state index in [-0.39, 0.29) is 17.4 Å². The Morgan fingerprint density at radius 3 is 2.90 bits per heavy atom. The van der Waals surface area contributed by atoms with E-state index in [1.165, 1.54) is 0 Å². The van der Waals surface area contributed by atoms with E-state index in [4.69, 9.17) is 5.11 Å². The Morgan fingerprint density at radius 1 is 1.80 bits per heavy atom. The average Bonchev–Trinajstić information content (AvgIpc) is 2.15. The van der Waals surface area contributed by atoms with Crippen LogP contribution in [0.4, 0.5) is 0 Å². The van der Waals surface area contributed by atoms with Crippen LogP contribution in [-0.2, 0) is 9.59 Å². The molecule has 0 spiro atoms. The van der Waals surface area contributed by atoms with E-state index in [1.807, 2.05) is 0 Å². The lowest BCUT2D eigenvalue weighted by Gasteiger charge is -2.07. The number of hydrogen-bond acceptors (Lipinski definition) is 4. The third-order valence-corrected chi connectivity index (χ3v) is 2.82. The molecule has 1 saturated heterocycles. The standard InChI is InChI=1S/C4H8N2O3S/c7-3(8)2-10-4(9)1-5-6-10/h5-6,10H,1-2H2,(H,7,8). The number of carboxylic acids is 1. The Kier molecular flexibility index (Phi) is 2.25. The highest BCUT2D eigenvalue weighted by Gasteiger charge is 2.21. The van der Waals surface area contributed by atoms with Gasteiger partial charge in [0.2, 0.25) is 0 Å². The lowest BCUT2D eigenvalue weighted by molar-refractivity contribution is -0.134. The molecule has 0 aromatic carbocycles. The normalized spacial score (nSPS) is 28.8. The molecule has 0 saturated carbocycles. The molecule has 58 valence electrons. The quantitative estimate of drug-likeness (QED) is 0.378. The van der Waals surface area contributed by atoms with E-state index < -0.39 is 17.1 Å². The number of carbonyl (C=O) groups excluding carboxylic acids is 1. The molecule has 0 amide bonds. The largest absolute Gasteiger partial charge is 0.481 e. The van der Waals surface area contributed by atoms with Crippen LogP contribution in [0.3, 0.4) is 0 Å². The summed E-state index contributed by atoms with van der Waals surface area (Å²) in [6.45, 7) is 0.249. The van der Waals surface area contributed by atoms with Gasteiger partial charge in [-0.1, -0.05) is 0 Å². The van der Waals surface area contributed by atoms with E-state index in [0.717, 1.165) is 0 Å². The van der Waals surface area contributed by atoms with E-state index in [9.17, 15) is 9.59 Å². The molecule has 0 radical (unpaired) electrons. The zero-order chi connectivity index (χ0) is 7.56. The molecular formula is C4H8N2O3S. The SMILES string of the molecule is O=C(O)C[SH]1NNCC1=O. The number of hydrogen-bond donors (Lipinski definition) is 4. The maximum absolute atomic E-state index is 10.8. The summed E-state index contributed by atoms with van der Waals surface area (Å²) in [6, 6.07) is 0. The second kappa shape index (κ2) is 3.00. The highest BCUT2D eigenvalue weighted by atomic mass is 32.2. The summed E-state index contributed by atoms with van der Waals surface area (Å²) in [6.07, 6.45) is 0. The Bertz CT molecular complexity index is 172. The first-order chi connectivity index (χ1) is 4.70. The van der Waals surface area contributed by atoms with Gasteiger partial charge in [-0.15, -0.1) is 11.1 Å². The van der Waals surface area contributed by atoms with Crippen molar-refractivity contribution in [3.63, 3.8) is 0 Å². The second-order valence-electron chi connectivity index (χ2n) is 1.84. The molecule has 0 bridgehead atoms. The third-order valence-electron chi connectivity index (χ3n) is 1.05. The molecule has 1 rings (SSSR count). The van der Waals surface area contributed by atoms with Gasteiger partial charge in [0.25, 0.3) is 0 Å². The summed E-state index contributed by atoms with van der Waals surface area (Å²) < 4.78 is 0. The average molecular weight is 164 g/mol. The number of rotatable bonds is 2. The minimum absolute atomic E-state index is 0.0302. The van der Waals surface area contributed by atoms with Crippen LogP contribution in [0.15, 0.2) is 0 Å². The van der Waals surface area contributed by atoms with Gasteiger partial charge < -0.3 is 5.11 Å². The van der Waals surface area contributed by atoms with Gasteiger partial charge in [0.15, 0.2) is 5.12 Å². The maximum Gasteiger partial charge on any atom is 0.313 e. The zero-order valence-electron chi connectivity index (χ0n) is 5.13. The molecule has 1 unspecified atom stereocenters. The molecule has 0 aliphatic carbocycles. The summed E-state index contributed by atoms with van der Waals surface area (Å²) in [5.74, 6) is -1.02. The smallest absolute Gasteiger partial charge is 0.313 e. The van der Waals surface area contributed by atoms with E-state index in [2.05, 4.69) is 10.3 Å². The lowest BCUT2D eigenvalue weighted by Crippen LogP contribution is -2.21. The molecule has 1 atom stereocenters. The third kappa shape index (κ3) is 1.69. The van der Waals surface area contributed by atoms with Crippen LogP contribution in [0.5, 0.6) is 0 Å². The first kappa shape index (κ1) is 7.52. The van der Waals surface area contributed by atoms with Crippen molar-refractivity contribution in [1.29, 1.82) is 0 Å². The lowest BCUT2D eigenvalue weighted by atomic mass is 10.8. The molecule has 1 aliphatic heterocycles. The molecule has 6 heteroatoms. The number of thiol groups is 1. The van der Waals surface area contributed by atoms with Crippen LogP contribution in [0.2, 0.25) is 0 Å². The molecule has 3 N–H and O–H groups in total. The topological polar surface area (TPSA) is 78.4 Å². The van der Waals surface area contributed by atoms with Gasteiger partial charge in [0, 0.05) is 0 Å². The summed E-state index contributed by atoms with van der Waals surface area (Å²) in [5.41, 5.74) is 2.59. The van der Waals surface area contributed by atoms with Crippen molar-refractivity contribution in [2.24, 2.45) is 0 Å². The van der Waals surface area contributed by atoms with Crippen molar-refractivity contribution in [3.05, 3.63) is 0 Å². The molecule has 10 heavy (non-hydrogen) atoms.